The van der Waals surface area contributed by atoms with E-state index in [1.807, 2.05) is 0 Å². The average Bonchev–Trinajstić information content (AvgIpc) is 2.46. The van der Waals surface area contributed by atoms with Crippen LogP contribution in [0.1, 0.15) is 29.6 Å². The molecule has 1 aliphatic rings. The summed E-state index contributed by atoms with van der Waals surface area (Å²) < 4.78 is 5.79. The van der Waals surface area contributed by atoms with Gasteiger partial charge in [-0.25, -0.2) is 4.79 Å². The van der Waals surface area contributed by atoms with Crippen LogP contribution in [0, 0.1) is 0 Å². The highest BCUT2D eigenvalue weighted by Crippen LogP contribution is 2.27. The van der Waals surface area contributed by atoms with Gasteiger partial charge in [0.25, 0.3) is 5.91 Å². The van der Waals surface area contributed by atoms with Crippen LogP contribution in [0.4, 0.5) is 0 Å². The summed E-state index contributed by atoms with van der Waals surface area (Å²) in [6.07, 6.45) is 2.19. The number of halogens is 1. The number of carbonyl (C=O) groups excluding carboxylic acids is 1. The Bertz CT molecular complexity index is 532. The molecule has 108 valence electrons. The van der Waals surface area contributed by atoms with Gasteiger partial charge in [-0.1, -0.05) is 0 Å². The quantitative estimate of drug-likeness (QED) is 0.917. The van der Waals surface area contributed by atoms with Gasteiger partial charge < -0.3 is 14.7 Å². The Balaban J connectivity index is 2.25. The topological polar surface area (TPSA) is 66.8 Å². The molecule has 1 heterocycles. The lowest BCUT2D eigenvalue weighted by molar-refractivity contribution is -0.143. The second-order valence-corrected chi connectivity index (χ2v) is 5.55. The molecule has 0 aliphatic carbocycles. The van der Waals surface area contributed by atoms with Crippen LogP contribution in [-0.4, -0.2) is 41.6 Å². The van der Waals surface area contributed by atoms with Crippen LogP contribution in [0.5, 0.6) is 5.75 Å². The summed E-state index contributed by atoms with van der Waals surface area (Å²) in [5.41, 5.74) is 0.464. The molecule has 5 nitrogen and oxygen atoms in total. The Hall–Kier alpha value is -1.56. The molecule has 1 amide bonds. The van der Waals surface area contributed by atoms with Crippen molar-refractivity contribution in [1.29, 1.82) is 0 Å². The third-order valence-corrected chi connectivity index (χ3v) is 4.07. The average molecular weight is 342 g/mol. The van der Waals surface area contributed by atoms with Crippen molar-refractivity contribution in [2.45, 2.75) is 25.3 Å². The third-order valence-electron chi connectivity index (χ3n) is 3.45. The van der Waals surface area contributed by atoms with E-state index < -0.39 is 12.0 Å². The Kier molecular flexibility index (Phi) is 4.65. The predicted octanol–water partition coefficient (Wildman–Crippen LogP) is 2.54. The van der Waals surface area contributed by atoms with Crippen molar-refractivity contribution in [1.82, 2.24) is 4.90 Å². The number of ether oxygens (including phenoxy) is 1. The zero-order valence-corrected chi connectivity index (χ0v) is 12.7. The van der Waals surface area contributed by atoms with Crippen LogP contribution in [0.15, 0.2) is 22.7 Å². The number of likely N-dealkylation sites (tertiary alicyclic amines) is 1. The normalized spacial score (nSPS) is 18.7. The van der Waals surface area contributed by atoms with Crippen molar-refractivity contribution in [3.05, 3.63) is 28.2 Å². The molecule has 0 saturated carbocycles. The fraction of sp³-hybridized carbons (Fsp3) is 0.429. The lowest BCUT2D eigenvalue weighted by Gasteiger charge is -2.33. The van der Waals surface area contributed by atoms with Crippen LogP contribution in [0.3, 0.4) is 0 Å². The number of hydrogen-bond donors (Lipinski definition) is 1. The molecule has 1 aromatic rings. The summed E-state index contributed by atoms with van der Waals surface area (Å²) in [5.74, 6) is -0.555. The van der Waals surface area contributed by atoms with Gasteiger partial charge in [0.1, 0.15) is 11.8 Å². The molecule has 1 aliphatic heterocycles. The lowest BCUT2D eigenvalue weighted by Crippen LogP contribution is -2.47. The van der Waals surface area contributed by atoms with Crippen molar-refractivity contribution >= 4 is 27.8 Å². The van der Waals surface area contributed by atoms with Gasteiger partial charge in [-0.3, -0.25) is 4.79 Å². The number of carbonyl (C=O) groups is 2. The van der Waals surface area contributed by atoms with E-state index in [0.29, 0.717) is 28.8 Å². The summed E-state index contributed by atoms with van der Waals surface area (Å²) in [6, 6.07) is 4.28. The molecule has 0 spiro atoms. The van der Waals surface area contributed by atoms with Crippen molar-refractivity contribution in [2.75, 3.05) is 13.7 Å². The van der Waals surface area contributed by atoms with Crippen LogP contribution in [0.25, 0.3) is 0 Å². The van der Waals surface area contributed by atoms with Crippen molar-refractivity contribution in [3.8, 4) is 5.75 Å². The van der Waals surface area contributed by atoms with Gasteiger partial charge in [0.2, 0.25) is 0 Å². The highest BCUT2D eigenvalue weighted by atomic mass is 79.9. The Morgan fingerprint density at radius 3 is 2.75 bits per heavy atom. The molecule has 1 unspecified atom stereocenters. The number of rotatable bonds is 3. The zero-order valence-electron chi connectivity index (χ0n) is 11.1. The minimum atomic E-state index is -0.939. The first-order valence-electron chi connectivity index (χ1n) is 6.42. The van der Waals surface area contributed by atoms with E-state index >= 15 is 0 Å². The molecule has 1 saturated heterocycles. The van der Waals surface area contributed by atoms with Gasteiger partial charge in [-0.2, -0.15) is 0 Å². The van der Waals surface area contributed by atoms with Crippen molar-refractivity contribution in [3.63, 3.8) is 0 Å². The van der Waals surface area contributed by atoms with Gasteiger partial charge in [0.05, 0.1) is 11.6 Å². The number of carboxylic acids is 1. The number of nitrogens with zero attached hydrogens (tertiary/aromatic N) is 1. The lowest BCUT2D eigenvalue weighted by atomic mass is 10.0. The van der Waals surface area contributed by atoms with Crippen LogP contribution in [0.2, 0.25) is 0 Å². The maximum Gasteiger partial charge on any atom is 0.326 e. The standard InChI is InChI=1S/C14H16BrNO4/c1-20-12-6-5-9(8-10(12)15)13(17)16-7-3-2-4-11(16)14(18)19/h5-6,8,11H,2-4,7H2,1H3,(H,18,19). The number of methoxy groups -OCH3 is 1. The summed E-state index contributed by atoms with van der Waals surface area (Å²) in [5, 5.41) is 9.22. The summed E-state index contributed by atoms with van der Waals surface area (Å²) >= 11 is 3.33. The molecule has 0 radical (unpaired) electrons. The van der Waals surface area contributed by atoms with E-state index in [1.54, 1.807) is 25.3 Å². The first kappa shape index (κ1) is 14.8. The maximum atomic E-state index is 12.5. The summed E-state index contributed by atoms with van der Waals surface area (Å²) in [6.45, 7) is 0.486. The largest absolute Gasteiger partial charge is 0.496 e. The first-order chi connectivity index (χ1) is 9.54. The van der Waals surface area contributed by atoms with E-state index in [9.17, 15) is 14.7 Å². The van der Waals surface area contributed by atoms with E-state index in [1.165, 1.54) is 4.90 Å². The summed E-state index contributed by atoms with van der Waals surface area (Å²) in [4.78, 5) is 25.2. The molecule has 1 N–H and O–H groups in total. The number of piperidine rings is 1. The highest BCUT2D eigenvalue weighted by molar-refractivity contribution is 9.10. The van der Waals surface area contributed by atoms with E-state index in [2.05, 4.69) is 15.9 Å². The smallest absolute Gasteiger partial charge is 0.326 e. The molecule has 0 bridgehead atoms. The van der Waals surface area contributed by atoms with Crippen LogP contribution < -0.4 is 4.74 Å². The second-order valence-electron chi connectivity index (χ2n) is 4.70. The molecule has 0 aromatic heterocycles. The maximum absolute atomic E-state index is 12.5. The second kappa shape index (κ2) is 6.26. The number of hydrogen-bond acceptors (Lipinski definition) is 3. The third kappa shape index (κ3) is 2.95. The molecule has 20 heavy (non-hydrogen) atoms. The number of benzene rings is 1. The molecule has 6 heteroatoms. The highest BCUT2D eigenvalue weighted by Gasteiger charge is 2.32. The number of aliphatic carboxylic acids is 1. The Morgan fingerprint density at radius 2 is 2.15 bits per heavy atom. The Labute approximate surface area is 125 Å². The molecule has 2 rings (SSSR count). The molecule has 1 fully saturated rings. The van der Waals surface area contributed by atoms with Gasteiger partial charge in [0.15, 0.2) is 0 Å². The number of carboxylic acid groups (broad SMARTS) is 1. The first-order valence-corrected chi connectivity index (χ1v) is 7.21. The molecule has 1 aromatic carbocycles. The number of amides is 1. The molecular formula is C14H16BrNO4. The molecular weight excluding hydrogens is 326 g/mol. The van der Waals surface area contributed by atoms with Gasteiger partial charge in [-0.05, 0) is 53.4 Å². The summed E-state index contributed by atoms with van der Waals surface area (Å²) in [7, 11) is 1.55. The van der Waals surface area contributed by atoms with Gasteiger partial charge in [0, 0.05) is 12.1 Å². The van der Waals surface area contributed by atoms with E-state index in [4.69, 9.17) is 4.74 Å². The zero-order chi connectivity index (χ0) is 14.7. The van der Waals surface area contributed by atoms with Crippen LogP contribution >= 0.6 is 15.9 Å². The van der Waals surface area contributed by atoms with Gasteiger partial charge in [-0.15, -0.1) is 0 Å². The minimum Gasteiger partial charge on any atom is -0.496 e. The fourth-order valence-electron chi connectivity index (χ4n) is 2.40. The van der Waals surface area contributed by atoms with Crippen molar-refractivity contribution in [2.24, 2.45) is 0 Å². The van der Waals surface area contributed by atoms with Crippen LogP contribution in [-0.2, 0) is 4.79 Å². The van der Waals surface area contributed by atoms with Crippen molar-refractivity contribution < 1.29 is 19.4 Å². The van der Waals surface area contributed by atoms with E-state index in [-0.39, 0.29) is 5.91 Å². The molecule has 1 atom stereocenters. The van der Waals surface area contributed by atoms with Gasteiger partial charge >= 0.3 is 5.97 Å². The predicted molar refractivity (Wildman–Crippen MR) is 77.0 cm³/mol. The SMILES string of the molecule is COc1ccc(C(=O)N2CCCCC2C(=O)O)cc1Br. The minimum absolute atomic E-state index is 0.250. The van der Waals surface area contributed by atoms with E-state index in [0.717, 1.165) is 12.8 Å². The fourth-order valence-corrected chi connectivity index (χ4v) is 2.94. The monoisotopic (exact) mass is 341 g/mol. The Morgan fingerprint density at radius 1 is 1.40 bits per heavy atom.